The average molecular weight is 189 g/mol. The molecule has 0 aliphatic heterocycles. The summed E-state index contributed by atoms with van der Waals surface area (Å²) in [5.41, 5.74) is 2.08. The van der Waals surface area contributed by atoms with Gasteiger partial charge in [-0.1, -0.05) is 6.07 Å². The molecule has 1 heterocycles. The molecule has 2 N–H and O–H groups in total. The summed E-state index contributed by atoms with van der Waals surface area (Å²) < 4.78 is 0. The van der Waals surface area contributed by atoms with Crippen LogP contribution in [0.25, 0.3) is 10.9 Å². The summed E-state index contributed by atoms with van der Waals surface area (Å²) in [4.78, 5) is 4.09. The number of aliphatic hydroxyl groups is 1. The van der Waals surface area contributed by atoms with Gasteiger partial charge in [-0.3, -0.25) is 4.98 Å². The van der Waals surface area contributed by atoms with E-state index in [1.807, 2.05) is 19.1 Å². The summed E-state index contributed by atoms with van der Waals surface area (Å²) >= 11 is 0. The van der Waals surface area contributed by atoms with Crippen molar-refractivity contribution in [3.63, 3.8) is 0 Å². The fourth-order valence-corrected chi connectivity index (χ4v) is 1.59. The quantitative estimate of drug-likeness (QED) is 0.718. The van der Waals surface area contributed by atoms with Crippen LogP contribution in [-0.4, -0.2) is 15.2 Å². The molecular weight excluding hydrogens is 178 g/mol. The minimum atomic E-state index is -0.167. The summed E-state index contributed by atoms with van der Waals surface area (Å²) in [6, 6.07) is 5.51. The van der Waals surface area contributed by atoms with Crippen LogP contribution in [0.15, 0.2) is 24.4 Å². The van der Waals surface area contributed by atoms with E-state index < -0.39 is 0 Å². The zero-order valence-corrected chi connectivity index (χ0v) is 7.86. The maximum atomic E-state index is 9.75. The van der Waals surface area contributed by atoms with Gasteiger partial charge in [0, 0.05) is 17.1 Å². The number of hydrogen-bond donors (Lipinski definition) is 2. The van der Waals surface area contributed by atoms with E-state index >= 15 is 0 Å². The molecule has 0 aliphatic rings. The first kappa shape index (κ1) is 8.97. The molecule has 1 aromatic carbocycles. The summed E-state index contributed by atoms with van der Waals surface area (Å²) in [5, 5.41) is 19.7. The minimum absolute atomic E-state index is 0.0775. The Balaban J connectivity index is 2.87. The molecule has 2 aromatic rings. The van der Waals surface area contributed by atoms with Crippen molar-refractivity contribution in [2.75, 3.05) is 0 Å². The number of fused-ring (bicyclic) bond motifs is 1. The number of pyridine rings is 1. The fraction of sp³-hybridized carbons (Fsp3) is 0.182. The second-order valence-electron chi connectivity index (χ2n) is 3.26. The van der Waals surface area contributed by atoms with Crippen molar-refractivity contribution < 1.29 is 10.2 Å². The Morgan fingerprint density at radius 1 is 1.43 bits per heavy atom. The van der Waals surface area contributed by atoms with Crippen LogP contribution in [0.2, 0.25) is 0 Å². The van der Waals surface area contributed by atoms with Crippen LogP contribution < -0.4 is 0 Å². The van der Waals surface area contributed by atoms with Crippen LogP contribution >= 0.6 is 0 Å². The van der Waals surface area contributed by atoms with Crippen molar-refractivity contribution in [3.05, 3.63) is 35.5 Å². The number of benzene rings is 1. The summed E-state index contributed by atoms with van der Waals surface area (Å²) in [7, 11) is 0. The summed E-state index contributed by atoms with van der Waals surface area (Å²) in [5.74, 6) is 0.0775. The van der Waals surface area contributed by atoms with E-state index in [2.05, 4.69) is 4.98 Å². The number of nitrogens with zero attached hydrogens (tertiary/aromatic N) is 1. The second kappa shape index (κ2) is 3.27. The molecule has 0 atom stereocenters. The number of aryl methyl sites for hydroxylation is 1. The Bertz CT molecular complexity index is 480. The van der Waals surface area contributed by atoms with Gasteiger partial charge in [0.2, 0.25) is 0 Å². The Kier molecular flexibility index (Phi) is 2.09. The number of hydrogen-bond acceptors (Lipinski definition) is 3. The lowest BCUT2D eigenvalue weighted by Crippen LogP contribution is -1.90. The standard InChI is InChI=1S/C11H11NO2/c1-7-5-8(6-13)11(14)10-9(7)3-2-4-12-10/h2-5,13-14H,6H2,1H3. The molecule has 14 heavy (non-hydrogen) atoms. The molecule has 0 unspecified atom stereocenters. The second-order valence-corrected chi connectivity index (χ2v) is 3.26. The number of aromatic nitrogens is 1. The predicted octanol–water partition coefficient (Wildman–Crippen LogP) is 1.74. The molecule has 3 nitrogen and oxygen atoms in total. The lowest BCUT2D eigenvalue weighted by atomic mass is 10.0. The van der Waals surface area contributed by atoms with Gasteiger partial charge in [-0.15, -0.1) is 0 Å². The minimum Gasteiger partial charge on any atom is -0.505 e. The van der Waals surface area contributed by atoms with Crippen LogP contribution in [0.5, 0.6) is 5.75 Å². The van der Waals surface area contributed by atoms with Gasteiger partial charge in [0.1, 0.15) is 11.3 Å². The molecule has 0 fully saturated rings. The zero-order chi connectivity index (χ0) is 10.1. The first-order valence-electron chi connectivity index (χ1n) is 4.41. The maximum absolute atomic E-state index is 9.75. The van der Waals surface area contributed by atoms with Crippen LogP contribution in [-0.2, 0) is 6.61 Å². The van der Waals surface area contributed by atoms with E-state index in [0.29, 0.717) is 11.1 Å². The van der Waals surface area contributed by atoms with Crippen molar-refractivity contribution in [1.82, 2.24) is 4.98 Å². The highest BCUT2D eigenvalue weighted by Gasteiger charge is 2.08. The molecule has 2 rings (SSSR count). The molecule has 0 bridgehead atoms. The number of phenols is 1. The molecule has 3 heteroatoms. The van der Waals surface area contributed by atoms with Gasteiger partial charge in [-0.25, -0.2) is 0 Å². The lowest BCUT2D eigenvalue weighted by Gasteiger charge is -2.07. The molecule has 0 saturated carbocycles. The van der Waals surface area contributed by atoms with Gasteiger partial charge in [0.05, 0.1) is 6.61 Å². The van der Waals surface area contributed by atoms with E-state index in [0.717, 1.165) is 10.9 Å². The Morgan fingerprint density at radius 2 is 2.21 bits per heavy atom. The maximum Gasteiger partial charge on any atom is 0.147 e. The van der Waals surface area contributed by atoms with Crippen LogP contribution in [0.1, 0.15) is 11.1 Å². The van der Waals surface area contributed by atoms with E-state index in [1.165, 1.54) is 0 Å². The van der Waals surface area contributed by atoms with Crippen LogP contribution in [0.4, 0.5) is 0 Å². The number of aromatic hydroxyl groups is 1. The Labute approximate surface area is 81.7 Å². The zero-order valence-electron chi connectivity index (χ0n) is 7.86. The predicted molar refractivity (Wildman–Crippen MR) is 54.1 cm³/mol. The highest BCUT2D eigenvalue weighted by molar-refractivity contribution is 5.88. The number of rotatable bonds is 1. The smallest absolute Gasteiger partial charge is 0.147 e. The molecule has 0 spiro atoms. The topological polar surface area (TPSA) is 53.4 Å². The molecule has 0 amide bonds. The third kappa shape index (κ3) is 1.22. The highest BCUT2D eigenvalue weighted by atomic mass is 16.3. The molecule has 0 radical (unpaired) electrons. The summed E-state index contributed by atoms with van der Waals surface area (Å²) in [6.07, 6.45) is 1.63. The van der Waals surface area contributed by atoms with Crippen LogP contribution in [0.3, 0.4) is 0 Å². The molecule has 1 aromatic heterocycles. The fourth-order valence-electron chi connectivity index (χ4n) is 1.59. The molecule has 0 saturated heterocycles. The van der Waals surface area contributed by atoms with Crippen molar-refractivity contribution >= 4 is 10.9 Å². The SMILES string of the molecule is Cc1cc(CO)c(O)c2ncccc12. The molecular formula is C11H11NO2. The van der Waals surface area contributed by atoms with Gasteiger partial charge in [-0.05, 0) is 24.6 Å². The van der Waals surface area contributed by atoms with Gasteiger partial charge in [0.15, 0.2) is 0 Å². The average Bonchev–Trinajstić information content (AvgIpc) is 2.23. The monoisotopic (exact) mass is 189 g/mol. The first-order valence-corrected chi connectivity index (χ1v) is 4.41. The third-order valence-electron chi connectivity index (χ3n) is 2.32. The van der Waals surface area contributed by atoms with Crippen molar-refractivity contribution in [3.8, 4) is 5.75 Å². The van der Waals surface area contributed by atoms with Gasteiger partial charge in [0.25, 0.3) is 0 Å². The number of aliphatic hydroxyl groups excluding tert-OH is 1. The van der Waals surface area contributed by atoms with Crippen molar-refractivity contribution in [2.45, 2.75) is 13.5 Å². The van der Waals surface area contributed by atoms with Crippen molar-refractivity contribution in [1.29, 1.82) is 0 Å². The van der Waals surface area contributed by atoms with Crippen molar-refractivity contribution in [2.24, 2.45) is 0 Å². The van der Waals surface area contributed by atoms with Gasteiger partial charge in [-0.2, -0.15) is 0 Å². The van der Waals surface area contributed by atoms with Gasteiger partial charge < -0.3 is 10.2 Å². The largest absolute Gasteiger partial charge is 0.505 e. The van der Waals surface area contributed by atoms with E-state index in [4.69, 9.17) is 5.11 Å². The Hall–Kier alpha value is -1.61. The van der Waals surface area contributed by atoms with E-state index in [-0.39, 0.29) is 12.4 Å². The van der Waals surface area contributed by atoms with Crippen LogP contribution in [0, 0.1) is 6.92 Å². The molecule has 72 valence electrons. The van der Waals surface area contributed by atoms with E-state index in [1.54, 1.807) is 12.3 Å². The van der Waals surface area contributed by atoms with Gasteiger partial charge >= 0.3 is 0 Å². The Morgan fingerprint density at radius 3 is 2.93 bits per heavy atom. The molecule has 0 aliphatic carbocycles. The highest BCUT2D eigenvalue weighted by Crippen LogP contribution is 2.29. The normalized spacial score (nSPS) is 10.7. The third-order valence-corrected chi connectivity index (χ3v) is 2.32. The first-order chi connectivity index (χ1) is 6.74. The summed E-state index contributed by atoms with van der Waals surface area (Å²) in [6.45, 7) is 1.77. The lowest BCUT2D eigenvalue weighted by molar-refractivity contribution is 0.276. The van der Waals surface area contributed by atoms with E-state index in [9.17, 15) is 5.11 Å².